The van der Waals surface area contributed by atoms with E-state index in [1.165, 1.54) is 36.9 Å². The minimum absolute atomic E-state index is 0.278. The van der Waals surface area contributed by atoms with Crippen LogP contribution in [0.2, 0.25) is 0 Å². The van der Waals surface area contributed by atoms with Gasteiger partial charge in [-0.2, -0.15) is 0 Å². The molecule has 186 valence electrons. The summed E-state index contributed by atoms with van der Waals surface area (Å²) in [6.45, 7) is 1.15. The number of anilines is 2. The zero-order chi connectivity index (χ0) is 25.2. The molecule has 1 amide bonds. The number of rotatable bonds is 7. The van der Waals surface area contributed by atoms with E-state index < -0.39 is 11.6 Å². The molecule has 11 nitrogen and oxygen atoms in total. The highest BCUT2D eigenvalue weighted by Gasteiger charge is 2.22. The van der Waals surface area contributed by atoms with Crippen molar-refractivity contribution in [3.05, 3.63) is 70.4 Å². The molecular formula is C25H26N6O5. The fourth-order valence-electron chi connectivity index (χ4n) is 4.43. The van der Waals surface area contributed by atoms with Crippen LogP contribution in [0.25, 0.3) is 5.65 Å². The predicted octanol–water partition coefficient (Wildman–Crippen LogP) is 2.12. The van der Waals surface area contributed by atoms with Gasteiger partial charge in [-0.1, -0.05) is 24.3 Å². The second-order valence-corrected chi connectivity index (χ2v) is 8.29. The monoisotopic (exact) mass is 490 g/mol. The first kappa shape index (κ1) is 23.2. The van der Waals surface area contributed by atoms with Gasteiger partial charge in [0, 0.05) is 43.3 Å². The van der Waals surface area contributed by atoms with Crippen molar-refractivity contribution in [1.29, 1.82) is 0 Å². The van der Waals surface area contributed by atoms with Gasteiger partial charge >= 0.3 is 5.69 Å². The first-order valence-corrected chi connectivity index (χ1v) is 11.4. The van der Waals surface area contributed by atoms with Gasteiger partial charge < -0.3 is 24.4 Å². The smallest absolute Gasteiger partial charge is 0.350 e. The molecule has 0 fully saturated rings. The van der Waals surface area contributed by atoms with Crippen molar-refractivity contribution >= 4 is 23.1 Å². The van der Waals surface area contributed by atoms with Crippen LogP contribution in [0.1, 0.15) is 11.1 Å². The lowest BCUT2D eigenvalue weighted by Crippen LogP contribution is -2.31. The maximum Gasteiger partial charge on any atom is 0.350 e. The van der Waals surface area contributed by atoms with Crippen LogP contribution in [0.4, 0.5) is 11.5 Å². The van der Waals surface area contributed by atoms with Gasteiger partial charge in [0.25, 0.3) is 0 Å². The maximum atomic E-state index is 13.0. The summed E-state index contributed by atoms with van der Waals surface area (Å²) in [6.07, 6.45) is 4.01. The molecule has 0 radical (unpaired) electrons. The quantitative estimate of drug-likeness (QED) is 0.419. The predicted molar refractivity (Wildman–Crippen MR) is 133 cm³/mol. The van der Waals surface area contributed by atoms with Crippen LogP contribution in [0.15, 0.2) is 53.6 Å². The number of nitrogens with one attached hydrogen (secondary N) is 1. The summed E-state index contributed by atoms with van der Waals surface area (Å²) in [6, 6.07) is 11.5. The minimum atomic E-state index is -0.434. The van der Waals surface area contributed by atoms with Crippen molar-refractivity contribution in [3.8, 4) is 17.2 Å². The molecule has 0 unspecified atom stereocenters. The van der Waals surface area contributed by atoms with Gasteiger partial charge in [-0.3, -0.25) is 4.79 Å². The molecule has 36 heavy (non-hydrogen) atoms. The van der Waals surface area contributed by atoms with E-state index in [-0.39, 0.29) is 6.54 Å². The molecule has 5 rings (SSSR count). The number of methoxy groups -OCH3 is 3. The van der Waals surface area contributed by atoms with Crippen molar-refractivity contribution in [2.75, 3.05) is 38.1 Å². The summed E-state index contributed by atoms with van der Waals surface area (Å²) in [5.74, 6) is 1.38. The highest BCUT2D eigenvalue weighted by Crippen LogP contribution is 2.39. The number of aromatic nitrogens is 4. The number of amides is 1. The second-order valence-electron chi connectivity index (χ2n) is 8.29. The molecule has 11 heteroatoms. The third-order valence-corrected chi connectivity index (χ3v) is 6.16. The third kappa shape index (κ3) is 4.19. The molecule has 0 saturated carbocycles. The lowest BCUT2D eigenvalue weighted by atomic mass is 10.00. The Hall–Kier alpha value is -4.54. The van der Waals surface area contributed by atoms with Crippen molar-refractivity contribution in [3.63, 3.8) is 0 Å². The Bertz CT molecular complexity index is 1470. The molecule has 2 aromatic carbocycles. The molecule has 0 saturated heterocycles. The van der Waals surface area contributed by atoms with E-state index in [9.17, 15) is 9.59 Å². The van der Waals surface area contributed by atoms with Crippen LogP contribution in [0.5, 0.6) is 17.2 Å². The molecule has 4 aromatic rings. The Morgan fingerprint density at radius 3 is 2.47 bits per heavy atom. The van der Waals surface area contributed by atoms with E-state index in [2.05, 4.69) is 32.4 Å². The first-order chi connectivity index (χ1) is 17.5. The summed E-state index contributed by atoms with van der Waals surface area (Å²) in [5.41, 5.74) is 2.94. The van der Waals surface area contributed by atoms with Crippen molar-refractivity contribution < 1.29 is 19.0 Å². The van der Waals surface area contributed by atoms with Gasteiger partial charge in [-0.15, -0.1) is 5.10 Å². The normalized spacial score (nSPS) is 12.8. The summed E-state index contributed by atoms with van der Waals surface area (Å²) in [5, 5.41) is 7.21. The molecule has 1 aliphatic heterocycles. The molecule has 3 heterocycles. The average molecular weight is 491 g/mol. The Morgan fingerprint density at radius 2 is 1.78 bits per heavy atom. The minimum Gasteiger partial charge on any atom is -0.493 e. The number of carbonyl (C=O) groups is 1. The number of hydrogen-bond acceptors (Lipinski definition) is 8. The third-order valence-electron chi connectivity index (χ3n) is 6.16. The van der Waals surface area contributed by atoms with Crippen LogP contribution in [-0.4, -0.2) is 52.9 Å². The Morgan fingerprint density at radius 1 is 1.06 bits per heavy atom. The first-order valence-electron chi connectivity index (χ1n) is 11.4. The number of benzene rings is 2. The summed E-state index contributed by atoms with van der Waals surface area (Å²) in [7, 11) is 4.48. The van der Waals surface area contributed by atoms with Gasteiger partial charge in [0.2, 0.25) is 17.3 Å². The Labute approximate surface area is 206 Å². The van der Waals surface area contributed by atoms with E-state index in [4.69, 9.17) is 14.2 Å². The number of carbonyl (C=O) groups excluding carboxylic acids is 1. The van der Waals surface area contributed by atoms with Gasteiger partial charge in [0.05, 0.1) is 21.3 Å². The van der Waals surface area contributed by atoms with Gasteiger partial charge in [-0.05, 0) is 17.5 Å². The number of ether oxygens (including phenoxy) is 3. The highest BCUT2D eigenvalue weighted by atomic mass is 16.5. The topological polar surface area (TPSA) is 112 Å². The van der Waals surface area contributed by atoms with Crippen LogP contribution in [0.3, 0.4) is 0 Å². The van der Waals surface area contributed by atoms with E-state index in [0.29, 0.717) is 40.9 Å². The highest BCUT2D eigenvalue weighted by molar-refractivity contribution is 5.91. The second kappa shape index (κ2) is 9.61. The van der Waals surface area contributed by atoms with Gasteiger partial charge in [0.15, 0.2) is 17.3 Å². The van der Waals surface area contributed by atoms with Crippen molar-refractivity contribution in [1.82, 2.24) is 19.2 Å². The van der Waals surface area contributed by atoms with Crippen LogP contribution >= 0.6 is 0 Å². The summed E-state index contributed by atoms with van der Waals surface area (Å²) >= 11 is 0. The largest absolute Gasteiger partial charge is 0.493 e. The zero-order valence-corrected chi connectivity index (χ0v) is 20.2. The molecule has 2 aromatic heterocycles. The van der Waals surface area contributed by atoms with Crippen LogP contribution in [0, 0.1) is 0 Å². The standard InChI is InChI=1S/C25H26N6O5/c1-34-19-12-18(13-20(35-2)22(19)36-3)27-21(32)15-31-25(33)30-11-9-26-23(24(30)28-31)29-10-8-16-6-4-5-7-17(16)14-29/h4-7,9,11-13H,8,10,14-15H2,1-3H3,(H,27,32). The maximum absolute atomic E-state index is 13.0. The van der Waals surface area contributed by atoms with Crippen molar-refractivity contribution in [2.45, 2.75) is 19.5 Å². The van der Waals surface area contributed by atoms with Crippen LogP contribution in [-0.2, 0) is 24.3 Å². The molecule has 0 atom stereocenters. The lowest BCUT2D eigenvalue weighted by molar-refractivity contribution is -0.117. The lowest BCUT2D eigenvalue weighted by Gasteiger charge is -2.29. The SMILES string of the molecule is COc1cc(NC(=O)Cn2nc3c(N4CCc5ccccc5C4)nccn3c2=O)cc(OC)c1OC. The van der Waals surface area contributed by atoms with E-state index in [0.717, 1.165) is 17.6 Å². The fourth-order valence-corrected chi connectivity index (χ4v) is 4.43. The average Bonchev–Trinajstić information content (AvgIpc) is 3.22. The van der Waals surface area contributed by atoms with Crippen LogP contribution < -0.4 is 30.1 Å². The zero-order valence-electron chi connectivity index (χ0n) is 20.2. The number of nitrogens with zero attached hydrogens (tertiary/aromatic N) is 5. The van der Waals surface area contributed by atoms with E-state index in [1.54, 1.807) is 24.5 Å². The summed E-state index contributed by atoms with van der Waals surface area (Å²) in [4.78, 5) is 32.5. The number of hydrogen-bond donors (Lipinski definition) is 1. The number of fused-ring (bicyclic) bond motifs is 2. The molecule has 0 aliphatic carbocycles. The van der Waals surface area contributed by atoms with Gasteiger partial charge in [0.1, 0.15) is 6.54 Å². The Balaban J connectivity index is 1.40. The van der Waals surface area contributed by atoms with E-state index in [1.807, 2.05) is 12.1 Å². The Kier molecular flexibility index (Phi) is 6.19. The van der Waals surface area contributed by atoms with E-state index >= 15 is 0 Å². The molecule has 0 spiro atoms. The molecule has 1 aliphatic rings. The molecular weight excluding hydrogens is 464 g/mol. The molecule has 1 N–H and O–H groups in total. The molecule has 0 bridgehead atoms. The van der Waals surface area contributed by atoms with Gasteiger partial charge in [-0.25, -0.2) is 18.9 Å². The fraction of sp³-hybridized carbons (Fsp3) is 0.280. The summed E-state index contributed by atoms with van der Waals surface area (Å²) < 4.78 is 18.5. The van der Waals surface area contributed by atoms with Crippen molar-refractivity contribution in [2.24, 2.45) is 0 Å².